The molecule has 1 aromatic carbocycles. The third-order valence-corrected chi connectivity index (χ3v) is 3.25. The van der Waals surface area contributed by atoms with E-state index in [0.717, 1.165) is 17.9 Å². The van der Waals surface area contributed by atoms with Gasteiger partial charge in [-0.1, -0.05) is 12.1 Å². The lowest BCUT2D eigenvalue weighted by Gasteiger charge is -2.30. The largest absolute Gasteiger partial charge is 0.491 e. The van der Waals surface area contributed by atoms with E-state index in [0.29, 0.717) is 24.3 Å². The molecule has 1 aromatic rings. The summed E-state index contributed by atoms with van der Waals surface area (Å²) < 4.78 is 5.83. The van der Waals surface area contributed by atoms with Gasteiger partial charge in [0.2, 0.25) is 0 Å². The monoisotopic (exact) mass is 260 g/mol. The Morgan fingerprint density at radius 3 is 2.37 bits per heavy atom. The van der Waals surface area contributed by atoms with Crippen molar-refractivity contribution in [2.24, 2.45) is 0 Å². The third-order valence-electron chi connectivity index (χ3n) is 3.25. The van der Waals surface area contributed by atoms with Crippen molar-refractivity contribution in [1.29, 1.82) is 5.26 Å². The summed E-state index contributed by atoms with van der Waals surface area (Å²) in [4.78, 5) is 2.38. The number of hydrogen-bond acceptors (Lipinski definition) is 3. The molecule has 0 aromatic heterocycles. The molecule has 0 saturated carbocycles. The second kappa shape index (κ2) is 7.16. The minimum absolute atomic E-state index is 0.496. The van der Waals surface area contributed by atoms with Crippen LogP contribution in [0.2, 0.25) is 0 Å². The highest BCUT2D eigenvalue weighted by molar-refractivity contribution is 5.47. The van der Waals surface area contributed by atoms with Crippen LogP contribution in [0.4, 0.5) is 0 Å². The second-order valence-electron chi connectivity index (χ2n) is 5.34. The Labute approximate surface area is 116 Å². The number of hydrogen-bond donors (Lipinski definition) is 0. The molecule has 0 bridgehead atoms. The standard InChI is InChI=1S/C16H24N2O/c1-12(2)18(13(3)4)9-10-19-16-14(5)7-6-8-15(16)11-17/h6-8,12-13H,9-10H2,1-5H3. The van der Waals surface area contributed by atoms with Gasteiger partial charge in [0, 0.05) is 18.6 Å². The van der Waals surface area contributed by atoms with Crippen LogP contribution in [0.15, 0.2) is 18.2 Å². The van der Waals surface area contributed by atoms with Crippen molar-refractivity contribution in [3.05, 3.63) is 29.3 Å². The maximum absolute atomic E-state index is 9.09. The van der Waals surface area contributed by atoms with Crippen LogP contribution in [0.5, 0.6) is 5.75 Å². The van der Waals surface area contributed by atoms with Gasteiger partial charge in [0.25, 0.3) is 0 Å². The highest BCUT2D eigenvalue weighted by Gasteiger charge is 2.14. The number of rotatable bonds is 6. The number of ether oxygens (including phenoxy) is 1. The van der Waals surface area contributed by atoms with Crippen molar-refractivity contribution in [3.8, 4) is 11.8 Å². The zero-order chi connectivity index (χ0) is 14.4. The van der Waals surface area contributed by atoms with Gasteiger partial charge in [0.05, 0.1) is 5.56 Å². The molecule has 1 rings (SSSR count). The first kappa shape index (κ1) is 15.5. The molecule has 0 atom stereocenters. The molecule has 0 N–H and O–H groups in total. The Morgan fingerprint density at radius 1 is 1.21 bits per heavy atom. The topological polar surface area (TPSA) is 36.3 Å². The van der Waals surface area contributed by atoms with Crippen LogP contribution in [0.1, 0.15) is 38.8 Å². The van der Waals surface area contributed by atoms with Crippen molar-refractivity contribution in [2.75, 3.05) is 13.2 Å². The molecule has 104 valence electrons. The van der Waals surface area contributed by atoms with E-state index in [1.807, 2.05) is 19.1 Å². The highest BCUT2D eigenvalue weighted by Crippen LogP contribution is 2.22. The van der Waals surface area contributed by atoms with Crippen molar-refractivity contribution in [1.82, 2.24) is 4.90 Å². The first-order valence-electron chi connectivity index (χ1n) is 6.85. The van der Waals surface area contributed by atoms with E-state index < -0.39 is 0 Å². The quantitative estimate of drug-likeness (QED) is 0.787. The van der Waals surface area contributed by atoms with Crippen LogP contribution in [0.25, 0.3) is 0 Å². The summed E-state index contributed by atoms with van der Waals surface area (Å²) in [7, 11) is 0. The van der Waals surface area contributed by atoms with E-state index in [1.54, 1.807) is 6.07 Å². The van der Waals surface area contributed by atoms with Crippen molar-refractivity contribution < 1.29 is 4.74 Å². The fourth-order valence-electron chi connectivity index (χ4n) is 2.30. The number of nitriles is 1. The van der Waals surface area contributed by atoms with Crippen molar-refractivity contribution in [2.45, 2.75) is 46.7 Å². The number of nitrogens with zero attached hydrogens (tertiary/aromatic N) is 2. The van der Waals surface area contributed by atoms with E-state index in [1.165, 1.54) is 0 Å². The fourth-order valence-corrected chi connectivity index (χ4v) is 2.30. The molecule has 3 heteroatoms. The number of benzene rings is 1. The minimum Gasteiger partial charge on any atom is -0.491 e. The summed E-state index contributed by atoms with van der Waals surface area (Å²) in [5, 5.41) is 9.09. The van der Waals surface area contributed by atoms with Gasteiger partial charge in [-0.25, -0.2) is 0 Å². The normalized spacial score (nSPS) is 11.1. The van der Waals surface area contributed by atoms with Crippen LogP contribution in [0, 0.1) is 18.3 Å². The summed E-state index contributed by atoms with van der Waals surface area (Å²) in [5.74, 6) is 0.720. The molecule has 3 nitrogen and oxygen atoms in total. The van der Waals surface area contributed by atoms with Crippen LogP contribution in [-0.4, -0.2) is 30.1 Å². The third kappa shape index (κ3) is 4.25. The summed E-state index contributed by atoms with van der Waals surface area (Å²) >= 11 is 0. The lowest BCUT2D eigenvalue weighted by molar-refractivity contribution is 0.141. The average Bonchev–Trinajstić information content (AvgIpc) is 2.34. The highest BCUT2D eigenvalue weighted by atomic mass is 16.5. The predicted molar refractivity (Wildman–Crippen MR) is 78.4 cm³/mol. The van der Waals surface area contributed by atoms with Crippen molar-refractivity contribution >= 4 is 0 Å². The predicted octanol–water partition coefficient (Wildman–Crippen LogP) is 3.36. The lowest BCUT2D eigenvalue weighted by atomic mass is 10.1. The van der Waals surface area contributed by atoms with Crippen LogP contribution in [0.3, 0.4) is 0 Å². The molecule has 0 aliphatic carbocycles. The molecule has 0 radical (unpaired) electrons. The average molecular weight is 260 g/mol. The van der Waals surface area contributed by atoms with Gasteiger partial charge in [-0.15, -0.1) is 0 Å². The Morgan fingerprint density at radius 2 is 1.84 bits per heavy atom. The molecular formula is C16H24N2O. The summed E-state index contributed by atoms with van der Waals surface area (Å²) in [6.45, 7) is 12.2. The SMILES string of the molecule is Cc1cccc(C#N)c1OCCN(C(C)C)C(C)C. The second-order valence-corrected chi connectivity index (χ2v) is 5.34. The van der Waals surface area contributed by atoms with E-state index in [4.69, 9.17) is 10.00 Å². The number of aryl methyl sites for hydroxylation is 1. The molecule has 0 spiro atoms. The summed E-state index contributed by atoms with van der Waals surface area (Å²) in [6.07, 6.45) is 0. The van der Waals surface area contributed by atoms with Gasteiger partial charge in [-0.3, -0.25) is 4.90 Å². The maximum atomic E-state index is 9.09. The zero-order valence-electron chi connectivity index (χ0n) is 12.6. The Kier molecular flexibility index (Phi) is 5.85. The van der Waals surface area contributed by atoms with E-state index in [9.17, 15) is 0 Å². The summed E-state index contributed by atoms with van der Waals surface area (Å²) in [6, 6.07) is 8.83. The molecule has 0 unspecified atom stereocenters. The van der Waals surface area contributed by atoms with Crippen LogP contribution < -0.4 is 4.74 Å². The van der Waals surface area contributed by atoms with Gasteiger partial charge in [-0.05, 0) is 46.2 Å². The van der Waals surface area contributed by atoms with Gasteiger partial charge < -0.3 is 4.74 Å². The molecule has 19 heavy (non-hydrogen) atoms. The first-order chi connectivity index (χ1) is 8.97. The molecule has 0 aliphatic rings. The van der Waals surface area contributed by atoms with Gasteiger partial charge in [0.15, 0.2) is 0 Å². The van der Waals surface area contributed by atoms with Crippen LogP contribution >= 0.6 is 0 Å². The molecule has 0 heterocycles. The Bertz CT molecular complexity index is 439. The molecular weight excluding hydrogens is 236 g/mol. The van der Waals surface area contributed by atoms with E-state index >= 15 is 0 Å². The lowest BCUT2D eigenvalue weighted by Crippen LogP contribution is -2.39. The van der Waals surface area contributed by atoms with Crippen molar-refractivity contribution in [3.63, 3.8) is 0 Å². The summed E-state index contributed by atoms with van der Waals surface area (Å²) in [5.41, 5.74) is 1.63. The van der Waals surface area contributed by atoms with Gasteiger partial charge >= 0.3 is 0 Å². The smallest absolute Gasteiger partial charge is 0.140 e. The Balaban J connectivity index is 2.66. The van der Waals surface area contributed by atoms with Gasteiger partial charge in [0.1, 0.15) is 18.4 Å². The molecule has 0 saturated heterocycles. The molecule has 0 fully saturated rings. The first-order valence-corrected chi connectivity index (χ1v) is 6.85. The molecule has 0 aliphatic heterocycles. The zero-order valence-corrected chi connectivity index (χ0v) is 12.6. The number of para-hydroxylation sites is 1. The maximum Gasteiger partial charge on any atom is 0.140 e. The van der Waals surface area contributed by atoms with E-state index in [-0.39, 0.29) is 0 Å². The fraction of sp³-hybridized carbons (Fsp3) is 0.562. The van der Waals surface area contributed by atoms with E-state index in [2.05, 4.69) is 38.7 Å². The van der Waals surface area contributed by atoms with Gasteiger partial charge in [-0.2, -0.15) is 5.26 Å². The Hall–Kier alpha value is -1.53. The van der Waals surface area contributed by atoms with Crippen LogP contribution in [-0.2, 0) is 0 Å². The molecule has 0 amide bonds. The minimum atomic E-state index is 0.496.